The third kappa shape index (κ3) is 3.95. The molecule has 13 heteroatoms. The van der Waals surface area contributed by atoms with Crippen molar-refractivity contribution in [3.05, 3.63) is 36.3 Å². The SMILES string of the molecule is O=C1CC2(CCN(c3ccc(C(F)(F)F)cn3)C2)CN1c1cnc2cnn(CC(F)F)c2n1. The maximum absolute atomic E-state index is 12.8. The van der Waals surface area contributed by atoms with Gasteiger partial charge in [0.2, 0.25) is 5.91 Å². The molecule has 1 amide bonds. The number of nitrogens with zero attached hydrogens (tertiary/aromatic N) is 7. The second-order valence-electron chi connectivity index (χ2n) is 8.39. The number of alkyl halides is 5. The Kier molecular flexibility index (Phi) is 4.94. The van der Waals surface area contributed by atoms with Crippen LogP contribution in [-0.4, -0.2) is 56.7 Å². The molecule has 0 aromatic carbocycles. The fourth-order valence-corrected chi connectivity index (χ4v) is 4.48. The molecule has 2 aliphatic heterocycles. The molecule has 5 rings (SSSR count). The second kappa shape index (κ2) is 7.59. The number of amides is 1. The van der Waals surface area contributed by atoms with Crippen LogP contribution in [0.25, 0.3) is 11.2 Å². The quantitative estimate of drug-likeness (QED) is 0.549. The smallest absolute Gasteiger partial charge is 0.356 e. The number of carbonyl (C=O) groups is 1. The van der Waals surface area contributed by atoms with Crippen LogP contribution in [0, 0.1) is 5.41 Å². The highest BCUT2D eigenvalue weighted by Crippen LogP contribution is 2.42. The van der Waals surface area contributed by atoms with Gasteiger partial charge in [0.05, 0.1) is 18.0 Å². The largest absolute Gasteiger partial charge is 0.417 e. The average Bonchev–Trinajstić information content (AvgIpc) is 3.44. The van der Waals surface area contributed by atoms with E-state index in [0.717, 1.165) is 16.9 Å². The van der Waals surface area contributed by atoms with E-state index < -0.39 is 30.1 Å². The van der Waals surface area contributed by atoms with Crippen molar-refractivity contribution in [1.29, 1.82) is 0 Å². The lowest BCUT2D eigenvalue weighted by Crippen LogP contribution is -2.32. The first-order valence-corrected chi connectivity index (χ1v) is 10.2. The van der Waals surface area contributed by atoms with E-state index in [9.17, 15) is 26.7 Å². The first kappa shape index (κ1) is 21.5. The lowest BCUT2D eigenvalue weighted by Gasteiger charge is -2.24. The van der Waals surface area contributed by atoms with Gasteiger partial charge in [0.1, 0.15) is 17.9 Å². The van der Waals surface area contributed by atoms with Crippen LogP contribution in [-0.2, 0) is 17.5 Å². The van der Waals surface area contributed by atoms with Gasteiger partial charge < -0.3 is 4.90 Å². The minimum atomic E-state index is -4.46. The molecule has 0 bridgehead atoms. The molecule has 0 radical (unpaired) electrons. The Balaban J connectivity index is 1.34. The standard InChI is InChI=1S/C20H18F5N7O/c21-14(22)9-32-18-13(7-28-32)26-8-16(29-18)31-11-19(5-17(31)33)3-4-30(10-19)15-2-1-12(6-27-15)20(23,24)25/h1-2,6-8,14H,3-5,9-11H2. The molecule has 2 fully saturated rings. The molecule has 1 spiro atoms. The summed E-state index contributed by atoms with van der Waals surface area (Å²) in [6.07, 6.45) is -2.62. The van der Waals surface area contributed by atoms with E-state index in [-0.39, 0.29) is 23.8 Å². The Morgan fingerprint density at radius 2 is 1.88 bits per heavy atom. The van der Waals surface area contributed by atoms with Gasteiger partial charge in [-0.1, -0.05) is 0 Å². The molecular formula is C20H18F5N7O. The number of carbonyl (C=O) groups excluding carboxylic acids is 1. The van der Waals surface area contributed by atoms with Crippen molar-refractivity contribution in [3.8, 4) is 0 Å². The van der Waals surface area contributed by atoms with Crippen LogP contribution in [0.15, 0.2) is 30.7 Å². The van der Waals surface area contributed by atoms with Gasteiger partial charge in [0.25, 0.3) is 6.43 Å². The topological polar surface area (TPSA) is 80.0 Å². The van der Waals surface area contributed by atoms with Crippen LogP contribution in [0.4, 0.5) is 33.6 Å². The van der Waals surface area contributed by atoms with Crippen LogP contribution in [0.1, 0.15) is 18.4 Å². The number of aromatic nitrogens is 5. The normalized spacial score (nSPS) is 21.3. The van der Waals surface area contributed by atoms with E-state index in [1.807, 2.05) is 4.90 Å². The van der Waals surface area contributed by atoms with Crippen molar-refractivity contribution in [1.82, 2.24) is 24.7 Å². The molecule has 5 heterocycles. The summed E-state index contributed by atoms with van der Waals surface area (Å²) in [6.45, 7) is 0.707. The zero-order valence-corrected chi connectivity index (χ0v) is 17.1. The number of halogens is 5. The van der Waals surface area contributed by atoms with E-state index in [1.165, 1.54) is 23.4 Å². The predicted octanol–water partition coefficient (Wildman–Crippen LogP) is 3.14. The van der Waals surface area contributed by atoms with Gasteiger partial charge in [-0.15, -0.1) is 0 Å². The molecule has 0 saturated carbocycles. The Bertz CT molecular complexity index is 1200. The lowest BCUT2D eigenvalue weighted by molar-refractivity contribution is -0.137. The molecule has 0 aliphatic carbocycles. The van der Waals surface area contributed by atoms with Gasteiger partial charge in [0.15, 0.2) is 11.5 Å². The number of hydrogen-bond donors (Lipinski definition) is 0. The van der Waals surface area contributed by atoms with E-state index >= 15 is 0 Å². The highest BCUT2D eigenvalue weighted by Gasteiger charge is 2.48. The molecule has 0 N–H and O–H groups in total. The van der Waals surface area contributed by atoms with E-state index in [4.69, 9.17) is 0 Å². The second-order valence-corrected chi connectivity index (χ2v) is 8.39. The fourth-order valence-electron chi connectivity index (χ4n) is 4.48. The summed E-state index contributed by atoms with van der Waals surface area (Å²) in [4.78, 5) is 28.7. The molecule has 174 valence electrons. The average molecular weight is 467 g/mol. The van der Waals surface area contributed by atoms with Crippen molar-refractivity contribution in [2.45, 2.75) is 32.0 Å². The Morgan fingerprint density at radius 1 is 1.06 bits per heavy atom. The Hall–Kier alpha value is -3.38. The van der Waals surface area contributed by atoms with E-state index in [1.54, 1.807) is 0 Å². The maximum atomic E-state index is 12.8. The summed E-state index contributed by atoms with van der Waals surface area (Å²) in [5.74, 6) is 0.500. The monoisotopic (exact) mass is 467 g/mol. The number of hydrogen-bond acceptors (Lipinski definition) is 6. The van der Waals surface area contributed by atoms with Gasteiger partial charge in [-0.3, -0.25) is 9.69 Å². The predicted molar refractivity (Wildman–Crippen MR) is 107 cm³/mol. The summed E-state index contributed by atoms with van der Waals surface area (Å²) >= 11 is 0. The number of anilines is 2. The Labute approximate surface area is 184 Å². The zero-order chi connectivity index (χ0) is 23.4. The van der Waals surface area contributed by atoms with Crippen LogP contribution in [0.2, 0.25) is 0 Å². The summed E-state index contributed by atoms with van der Waals surface area (Å²) in [5.41, 5.74) is -0.714. The molecule has 1 atom stereocenters. The van der Waals surface area contributed by atoms with E-state index in [0.29, 0.717) is 37.4 Å². The number of fused-ring (bicyclic) bond motifs is 1. The fraction of sp³-hybridized carbons (Fsp3) is 0.450. The molecule has 1 unspecified atom stereocenters. The summed E-state index contributed by atoms with van der Waals surface area (Å²) < 4.78 is 65.1. The minimum Gasteiger partial charge on any atom is -0.356 e. The van der Waals surface area contributed by atoms with Gasteiger partial charge in [-0.25, -0.2) is 28.4 Å². The number of pyridine rings is 1. The van der Waals surface area contributed by atoms with Gasteiger partial charge in [-0.2, -0.15) is 18.3 Å². The number of rotatable bonds is 4. The molecule has 33 heavy (non-hydrogen) atoms. The molecule has 3 aromatic heterocycles. The summed E-state index contributed by atoms with van der Waals surface area (Å²) in [5, 5.41) is 3.88. The Morgan fingerprint density at radius 3 is 2.58 bits per heavy atom. The van der Waals surface area contributed by atoms with Crippen LogP contribution >= 0.6 is 0 Å². The third-order valence-electron chi connectivity index (χ3n) is 6.08. The summed E-state index contributed by atoms with van der Waals surface area (Å²) in [6, 6.07) is 2.33. The molecular weight excluding hydrogens is 449 g/mol. The molecule has 2 aliphatic rings. The van der Waals surface area contributed by atoms with Gasteiger partial charge in [-0.05, 0) is 18.6 Å². The van der Waals surface area contributed by atoms with Gasteiger partial charge >= 0.3 is 6.18 Å². The maximum Gasteiger partial charge on any atom is 0.417 e. The molecule has 3 aromatic rings. The summed E-state index contributed by atoms with van der Waals surface area (Å²) in [7, 11) is 0. The first-order chi connectivity index (χ1) is 15.6. The van der Waals surface area contributed by atoms with Crippen LogP contribution < -0.4 is 9.80 Å². The molecule has 2 saturated heterocycles. The highest BCUT2D eigenvalue weighted by molar-refractivity contribution is 5.96. The first-order valence-electron chi connectivity index (χ1n) is 10.2. The van der Waals surface area contributed by atoms with Crippen molar-refractivity contribution in [3.63, 3.8) is 0 Å². The lowest BCUT2D eigenvalue weighted by atomic mass is 9.86. The zero-order valence-electron chi connectivity index (χ0n) is 17.1. The highest BCUT2D eigenvalue weighted by atomic mass is 19.4. The van der Waals surface area contributed by atoms with Crippen molar-refractivity contribution in [2.24, 2.45) is 5.41 Å². The molecule has 8 nitrogen and oxygen atoms in total. The van der Waals surface area contributed by atoms with Crippen molar-refractivity contribution in [2.75, 3.05) is 29.4 Å². The van der Waals surface area contributed by atoms with Crippen molar-refractivity contribution >= 4 is 28.7 Å². The van der Waals surface area contributed by atoms with E-state index in [2.05, 4.69) is 20.1 Å². The van der Waals surface area contributed by atoms with Gasteiger partial charge in [0, 0.05) is 37.7 Å². The van der Waals surface area contributed by atoms with Crippen LogP contribution in [0.3, 0.4) is 0 Å². The van der Waals surface area contributed by atoms with Crippen molar-refractivity contribution < 1.29 is 26.7 Å². The minimum absolute atomic E-state index is 0.170. The third-order valence-corrected chi connectivity index (χ3v) is 6.08. The van der Waals surface area contributed by atoms with Crippen LogP contribution in [0.5, 0.6) is 0 Å².